The van der Waals surface area contributed by atoms with Crippen molar-refractivity contribution in [2.24, 2.45) is 0 Å². The van der Waals surface area contributed by atoms with Crippen LogP contribution in [0.2, 0.25) is 0 Å². The number of carbonyl (C=O) groups excluding carboxylic acids is 1. The van der Waals surface area contributed by atoms with Gasteiger partial charge in [-0.25, -0.2) is 0 Å². The molecule has 1 rings (SSSR count). The van der Waals surface area contributed by atoms with E-state index in [2.05, 4.69) is 43.5 Å². The summed E-state index contributed by atoms with van der Waals surface area (Å²) >= 11 is 0. The lowest BCUT2D eigenvalue weighted by Crippen LogP contribution is -2.60. The van der Waals surface area contributed by atoms with Gasteiger partial charge in [0.15, 0.2) is 6.29 Å². The van der Waals surface area contributed by atoms with Crippen LogP contribution in [-0.2, 0) is 14.3 Å². The highest BCUT2D eigenvalue weighted by Crippen LogP contribution is 2.23. The predicted octanol–water partition coefficient (Wildman–Crippen LogP) is 12.2. The van der Waals surface area contributed by atoms with Gasteiger partial charge in [0.25, 0.3) is 0 Å². The molecule has 0 bridgehead atoms. The van der Waals surface area contributed by atoms with Crippen LogP contribution in [0.1, 0.15) is 251 Å². The van der Waals surface area contributed by atoms with Gasteiger partial charge in [0.2, 0.25) is 5.91 Å². The molecule has 6 N–H and O–H groups in total. The Hall–Kier alpha value is -1.33. The van der Waals surface area contributed by atoms with E-state index in [-0.39, 0.29) is 12.5 Å². The molecule has 1 saturated heterocycles. The number of amides is 1. The molecule has 9 heteroatoms. The fourth-order valence-electron chi connectivity index (χ4n) is 8.53. The highest BCUT2D eigenvalue weighted by molar-refractivity contribution is 5.76. The molecule has 9 nitrogen and oxygen atoms in total. The van der Waals surface area contributed by atoms with Crippen LogP contribution < -0.4 is 5.32 Å². The number of aliphatic hydroxyl groups excluding tert-OH is 5. The van der Waals surface area contributed by atoms with E-state index in [1.165, 1.54) is 161 Å². The summed E-state index contributed by atoms with van der Waals surface area (Å²) in [5, 5.41) is 54.5. The molecular weight excluding hydrogens is 779 g/mol. The zero-order chi connectivity index (χ0) is 45.1. The monoisotopic (exact) mass is 880 g/mol. The van der Waals surface area contributed by atoms with Crippen LogP contribution in [0.5, 0.6) is 0 Å². The first-order valence-corrected chi connectivity index (χ1v) is 26.5. The van der Waals surface area contributed by atoms with Crippen LogP contribution in [-0.4, -0.2) is 87.5 Å². The first-order valence-electron chi connectivity index (χ1n) is 26.5. The maximum Gasteiger partial charge on any atom is 0.220 e. The molecule has 0 saturated carbocycles. The van der Waals surface area contributed by atoms with Crippen LogP contribution in [0.25, 0.3) is 0 Å². The molecule has 7 unspecified atom stereocenters. The molecule has 0 aromatic heterocycles. The summed E-state index contributed by atoms with van der Waals surface area (Å²) in [5.41, 5.74) is 0. The van der Waals surface area contributed by atoms with Crippen LogP contribution in [0.4, 0.5) is 0 Å². The Labute approximate surface area is 381 Å². The minimum Gasteiger partial charge on any atom is -0.394 e. The van der Waals surface area contributed by atoms with E-state index in [1.54, 1.807) is 0 Å². The van der Waals surface area contributed by atoms with Crippen molar-refractivity contribution in [3.8, 4) is 0 Å². The third kappa shape index (κ3) is 33.2. The quantitative estimate of drug-likeness (QED) is 0.0262. The van der Waals surface area contributed by atoms with Crippen molar-refractivity contribution >= 4 is 5.91 Å². The van der Waals surface area contributed by atoms with Crippen LogP contribution in [0, 0.1) is 0 Å². The zero-order valence-corrected chi connectivity index (χ0v) is 40.4. The molecular formula is C53H101NO8. The van der Waals surface area contributed by atoms with Gasteiger partial charge in [0.1, 0.15) is 24.4 Å². The summed E-state index contributed by atoms with van der Waals surface area (Å²) in [6.07, 6.45) is 46.3. The lowest BCUT2D eigenvalue weighted by atomic mass is 9.99. The molecule has 366 valence electrons. The third-order valence-electron chi connectivity index (χ3n) is 12.8. The van der Waals surface area contributed by atoms with E-state index in [9.17, 15) is 30.3 Å². The first kappa shape index (κ1) is 58.7. The number of aliphatic hydroxyl groups is 5. The Kier molecular flexibility index (Phi) is 41.2. The fraction of sp³-hybridized carbons (Fsp3) is 0.906. The van der Waals surface area contributed by atoms with Gasteiger partial charge in [-0.1, -0.05) is 231 Å². The summed E-state index contributed by atoms with van der Waals surface area (Å²) in [5.74, 6) is -0.156. The van der Waals surface area contributed by atoms with Gasteiger partial charge < -0.3 is 40.3 Å². The van der Waals surface area contributed by atoms with Crippen LogP contribution in [0.15, 0.2) is 24.3 Å². The smallest absolute Gasteiger partial charge is 0.220 e. The zero-order valence-electron chi connectivity index (χ0n) is 40.4. The maximum atomic E-state index is 13.0. The van der Waals surface area contributed by atoms with Gasteiger partial charge in [-0.3, -0.25) is 4.79 Å². The number of hydrogen-bond donors (Lipinski definition) is 6. The summed E-state index contributed by atoms with van der Waals surface area (Å²) in [7, 11) is 0. The minimum absolute atomic E-state index is 0.142. The molecule has 1 aliphatic heterocycles. The number of unbranched alkanes of at least 4 members (excludes halogenated alkanes) is 31. The lowest BCUT2D eigenvalue weighted by Gasteiger charge is -2.40. The largest absolute Gasteiger partial charge is 0.394 e. The van der Waals surface area contributed by atoms with E-state index in [4.69, 9.17) is 9.47 Å². The average molecular weight is 880 g/mol. The SMILES string of the molecule is CCCC/C=C\C/C=C\CCCCCCCC(=O)NC(COC1OC(CO)C(O)C(O)C1O)C(O)CCCCCCCCCCCCCCCCCCCCCCCCCCC. The van der Waals surface area contributed by atoms with Crippen molar-refractivity contribution in [1.29, 1.82) is 0 Å². The topological polar surface area (TPSA) is 149 Å². The average Bonchev–Trinajstić information content (AvgIpc) is 3.27. The second-order valence-electron chi connectivity index (χ2n) is 18.7. The molecule has 0 aromatic rings. The van der Waals surface area contributed by atoms with Crippen molar-refractivity contribution in [2.45, 2.75) is 294 Å². The summed E-state index contributed by atoms with van der Waals surface area (Å²) in [6, 6.07) is -0.725. The molecule has 1 aliphatic rings. The molecule has 0 aromatic carbocycles. The fourth-order valence-corrected chi connectivity index (χ4v) is 8.53. The van der Waals surface area contributed by atoms with Gasteiger partial charge in [0, 0.05) is 6.42 Å². The predicted molar refractivity (Wildman–Crippen MR) is 258 cm³/mol. The molecule has 0 spiro atoms. The van der Waals surface area contributed by atoms with Gasteiger partial charge in [-0.2, -0.15) is 0 Å². The summed E-state index contributed by atoms with van der Waals surface area (Å²) < 4.78 is 11.3. The van der Waals surface area contributed by atoms with Gasteiger partial charge in [0.05, 0.1) is 25.4 Å². The molecule has 62 heavy (non-hydrogen) atoms. The first-order chi connectivity index (χ1) is 30.3. The molecule has 0 aliphatic carbocycles. The third-order valence-corrected chi connectivity index (χ3v) is 12.8. The van der Waals surface area contributed by atoms with Crippen LogP contribution >= 0.6 is 0 Å². The van der Waals surface area contributed by atoms with Crippen LogP contribution in [0.3, 0.4) is 0 Å². The maximum absolute atomic E-state index is 13.0. The second kappa shape index (κ2) is 43.6. The van der Waals surface area contributed by atoms with Gasteiger partial charge in [-0.05, 0) is 38.5 Å². The van der Waals surface area contributed by atoms with E-state index in [0.29, 0.717) is 12.8 Å². The van der Waals surface area contributed by atoms with Gasteiger partial charge in [-0.15, -0.1) is 0 Å². The summed E-state index contributed by atoms with van der Waals surface area (Å²) in [4.78, 5) is 13.0. The van der Waals surface area contributed by atoms with Crippen molar-refractivity contribution in [1.82, 2.24) is 5.32 Å². The Morgan fingerprint density at radius 1 is 0.548 bits per heavy atom. The Balaban J connectivity index is 2.21. The Morgan fingerprint density at radius 2 is 0.968 bits per heavy atom. The minimum atomic E-state index is -1.55. The van der Waals surface area contributed by atoms with E-state index >= 15 is 0 Å². The molecule has 1 fully saturated rings. The van der Waals surface area contributed by atoms with Crippen molar-refractivity contribution in [3.63, 3.8) is 0 Å². The van der Waals surface area contributed by atoms with E-state index in [1.807, 2.05) is 0 Å². The van der Waals surface area contributed by atoms with Crippen molar-refractivity contribution < 1.29 is 39.8 Å². The summed E-state index contributed by atoms with van der Waals surface area (Å²) in [6.45, 7) is 3.80. The van der Waals surface area contributed by atoms with E-state index < -0.39 is 49.5 Å². The molecule has 1 amide bonds. The molecule has 1 heterocycles. The van der Waals surface area contributed by atoms with E-state index in [0.717, 1.165) is 64.2 Å². The number of ether oxygens (including phenoxy) is 2. The number of allylic oxidation sites excluding steroid dienone is 4. The number of hydrogen-bond acceptors (Lipinski definition) is 8. The highest BCUT2D eigenvalue weighted by atomic mass is 16.7. The number of nitrogens with one attached hydrogen (secondary N) is 1. The lowest BCUT2D eigenvalue weighted by molar-refractivity contribution is -0.302. The standard InChI is InChI=1S/C53H101NO8/c1-3-5-7-9-11-13-15-17-19-20-21-22-23-24-25-26-27-28-29-30-32-34-36-38-40-42-47(56)46(45-61-53-52(60)51(59)50(58)48(44-55)62-53)54-49(57)43-41-39-37-35-33-31-18-16-14-12-10-8-6-4-2/h10,12,16,18,46-48,50-53,55-56,58-60H,3-9,11,13-15,17,19-45H2,1-2H3,(H,54,57)/b12-10-,18-16-. The molecule has 0 radical (unpaired) electrons. The highest BCUT2D eigenvalue weighted by Gasteiger charge is 2.44. The normalized spacial score (nSPS) is 20.4. The Bertz CT molecular complexity index is 1020. The molecule has 7 atom stereocenters. The number of rotatable bonds is 45. The number of carbonyl (C=O) groups is 1. The Morgan fingerprint density at radius 3 is 1.44 bits per heavy atom. The van der Waals surface area contributed by atoms with Gasteiger partial charge >= 0.3 is 0 Å². The second-order valence-corrected chi connectivity index (χ2v) is 18.7. The van der Waals surface area contributed by atoms with Crippen molar-refractivity contribution in [2.75, 3.05) is 13.2 Å². The van der Waals surface area contributed by atoms with Crippen molar-refractivity contribution in [3.05, 3.63) is 24.3 Å².